The van der Waals surface area contributed by atoms with Gasteiger partial charge in [0.25, 0.3) is 0 Å². The molecule has 3 heterocycles. The van der Waals surface area contributed by atoms with Gasteiger partial charge in [-0.3, -0.25) is 9.59 Å². The first kappa shape index (κ1) is 24.3. The Balaban J connectivity index is 1.38. The maximum Gasteiger partial charge on any atom is 0.229 e. The number of hydrogen-bond acceptors (Lipinski definition) is 5. The minimum absolute atomic E-state index is 0.0983. The van der Waals surface area contributed by atoms with E-state index in [9.17, 15) is 14.9 Å². The first-order valence-electron chi connectivity index (χ1n) is 13.1. The van der Waals surface area contributed by atoms with Crippen LogP contribution in [0.1, 0.15) is 41.8 Å². The highest BCUT2D eigenvalue weighted by atomic mass is 32.1. The molecule has 1 aromatic heterocycles. The van der Waals surface area contributed by atoms with Crippen LogP contribution in [0.4, 0.5) is 11.4 Å². The monoisotopic (exact) mass is 520 g/mol. The molecule has 0 radical (unpaired) electrons. The summed E-state index contributed by atoms with van der Waals surface area (Å²) in [5, 5.41) is 11.2. The van der Waals surface area contributed by atoms with Gasteiger partial charge in [-0.1, -0.05) is 48.5 Å². The molecule has 0 unspecified atom stereocenters. The van der Waals surface area contributed by atoms with Crippen molar-refractivity contribution in [3.05, 3.63) is 88.9 Å². The Morgan fingerprint density at radius 1 is 0.816 bits per heavy atom. The zero-order valence-corrected chi connectivity index (χ0v) is 21.9. The van der Waals surface area contributed by atoms with Crippen LogP contribution in [-0.2, 0) is 27.8 Å². The number of aromatic nitrogens is 1. The number of hydrogen-bond donors (Lipinski definition) is 0. The van der Waals surface area contributed by atoms with E-state index in [-0.39, 0.29) is 24.7 Å². The van der Waals surface area contributed by atoms with Crippen molar-refractivity contribution in [3.63, 3.8) is 0 Å². The fourth-order valence-electron chi connectivity index (χ4n) is 5.71. The molecule has 0 N–H and O–H groups in total. The van der Waals surface area contributed by atoms with Crippen LogP contribution in [-0.4, -0.2) is 29.9 Å². The molecule has 0 fully saturated rings. The van der Waals surface area contributed by atoms with Crippen LogP contribution in [0.2, 0.25) is 0 Å². The number of anilines is 2. The molecular weight excluding hydrogens is 492 g/mol. The third-order valence-corrected chi connectivity index (χ3v) is 8.89. The molecule has 3 aromatic carbocycles. The van der Waals surface area contributed by atoms with E-state index in [1.807, 2.05) is 60.7 Å². The predicted octanol–water partition coefficient (Wildman–Crippen LogP) is 5.80. The molecule has 0 aliphatic carbocycles. The topological polar surface area (TPSA) is 77.3 Å². The lowest BCUT2D eigenvalue weighted by Gasteiger charge is -2.34. The zero-order valence-electron chi connectivity index (χ0n) is 21.1. The molecule has 6 nitrogen and oxygen atoms in total. The third kappa shape index (κ3) is 4.35. The SMILES string of the molecule is N#CC(CC(=O)N1CCCc2ccccc21)(CC(=O)N1CCCc2ccccc21)c1nc2ccccc2s1. The standard InChI is InChI=1S/C31H28N4O2S/c32-21-31(30-33-24-13-3-6-16-27(24)38-30,19-28(36)34-17-7-11-22-9-1-4-14-25(22)34)20-29(37)35-18-8-12-23-10-2-5-15-26(23)35/h1-6,9-10,13-16H,7-8,11-12,17-20H2. The summed E-state index contributed by atoms with van der Waals surface area (Å²) in [4.78, 5) is 36.2. The molecule has 0 spiro atoms. The van der Waals surface area contributed by atoms with Gasteiger partial charge >= 0.3 is 0 Å². The first-order valence-corrected chi connectivity index (χ1v) is 13.9. The first-order chi connectivity index (χ1) is 18.6. The summed E-state index contributed by atoms with van der Waals surface area (Å²) in [6.07, 6.45) is 3.39. The van der Waals surface area contributed by atoms with E-state index in [1.54, 1.807) is 9.80 Å². The van der Waals surface area contributed by atoms with Gasteiger partial charge in [-0.25, -0.2) is 4.98 Å². The number of carbonyl (C=O) groups excluding carboxylic acids is 2. The number of thiazole rings is 1. The van der Waals surface area contributed by atoms with Crippen molar-refractivity contribution >= 4 is 44.7 Å². The number of amides is 2. The van der Waals surface area contributed by atoms with Crippen molar-refractivity contribution < 1.29 is 9.59 Å². The number of carbonyl (C=O) groups is 2. The van der Waals surface area contributed by atoms with Crippen molar-refractivity contribution in [3.8, 4) is 6.07 Å². The number of nitriles is 1. The van der Waals surface area contributed by atoms with Crippen molar-refractivity contribution in [1.29, 1.82) is 5.26 Å². The maximum absolute atomic E-state index is 13.9. The second kappa shape index (κ2) is 10.0. The van der Waals surface area contributed by atoms with Crippen molar-refractivity contribution in [2.24, 2.45) is 0 Å². The highest BCUT2D eigenvalue weighted by molar-refractivity contribution is 7.18. The Hall–Kier alpha value is -4.02. The Labute approximate surface area is 226 Å². The highest BCUT2D eigenvalue weighted by Gasteiger charge is 2.43. The number of para-hydroxylation sites is 3. The van der Waals surface area contributed by atoms with Crippen LogP contribution < -0.4 is 9.80 Å². The predicted molar refractivity (Wildman–Crippen MR) is 150 cm³/mol. The molecule has 0 atom stereocenters. The van der Waals surface area contributed by atoms with Gasteiger partial charge in [-0.15, -0.1) is 11.3 Å². The van der Waals surface area contributed by atoms with Gasteiger partial charge in [0.05, 0.1) is 29.1 Å². The molecule has 0 saturated carbocycles. The van der Waals surface area contributed by atoms with E-state index in [1.165, 1.54) is 11.3 Å². The second-order valence-electron chi connectivity index (χ2n) is 10.1. The van der Waals surface area contributed by atoms with Crippen LogP contribution in [0, 0.1) is 11.3 Å². The quantitative estimate of drug-likeness (QED) is 0.333. The molecule has 6 rings (SSSR count). The van der Waals surface area contributed by atoms with Gasteiger partial charge in [-0.05, 0) is 61.1 Å². The summed E-state index contributed by atoms with van der Waals surface area (Å²) in [6.45, 7) is 1.20. The van der Waals surface area contributed by atoms with Gasteiger partial charge < -0.3 is 9.80 Å². The number of benzene rings is 3. The summed E-state index contributed by atoms with van der Waals surface area (Å²) in [6, 6.07) is 26.0. The van der Waals surface area contributed by atoms with Crippen LogP contribution >= 0.6 is 11.3 Å². The van der Waals surface area contributed by atoms with E-state index in [0.717, 1.165) is 58.4 Å². The van der Waals surface area contributed by atoms with Crippen LogP contribution in [0.25, 0.3) is 10.2 Å². The highest BCUT2D eigenvalue weighted by Crippen LogP contribution is 2.40. The van der Waals surface area contributed by atoms with E-state index >= 15 is 0 Å². The van der Waals surface area contributed by atoms with E-state index in [2.05, 4.69) is 18.2 Å². The Morgan fingerprint density at radius 3 is 1.89 bits per heavy atom. The molecule has 190 valence electrons. The third-order valence-electron chi connectivity index (χ3n) is 7.65. The van der Waals surface area contributed by atoms with Crippen LogP contribution in [0.3, 0.4) is 0 Å². The Morgan fingerprint density at radius 2 is 1.34 bits per heavy atom. The Bertz CT molecular complexity index is 1460. The lowest BCUT2D eigenvalue weighted by atomic mass is 9.81. The lowest BCUT2D eigenvalue weighted by Crippen LogP contribution is -2.44. The minimum atomic E-state index is -1.36. The van der Waals surface area contributed by atoms with Gasteiger partial charge in [0.1, 0.15) is 10.4 Å². The summed E-state index contributed by atoms with van der Waals surface area (Å²) in [7, 11) is 0. The van der Waals surface area contributed by atoms with E-state index in [4.69, 9.17) is 4.98 Å². The molecule has 2 aliphatic rings. The zero-order chi connectivity index (χ0) is 26.1. The fraction of sp³-hybridized carbons (Fsp3) is 0.290. The lowest BCUT2D eigenvalue weighted by molar-refractivity contribution is -0.121. The second-order valence-corrected chi connectivity index (χ2v) is 11.1. The molecule has 4 aromatic rings. The van der Waals surface area contributed by atoms with E-state index < -0.39 is 5.41 Å². The molecule has 2 amide bonds. The molecule has 2 aliphatic heterocycles. The summed E-state index contributed by atoms with van der Waals surface area (Å²) in [5.41, 5.74) is 3.48. The van der Waals surface area contributed by atoms with Gasteiger partial charge in [0.2, 0.25) is 11.8 Å². The minimum Gasteiger partial charge on any atom is -0.312 e. The molecule has 0 saturated heterocycles. The van der Waals surface area contributed by atoms with Crippen LogP contribution in [0.5, 0.6) is 0 Å². The van der Waals surface area contributed by atoms with Crippen molar-refractivity contribution in [1.82, 2.24) is 4.98 Å². The van der Waals surface area contributed by atoms with Crippen molar-refractivity contribution in [2.75, 3.05) is 22.9 Å². The van der Waals surface area contributed by atoms with Crippen LogP contribution in [0.15, 0.2) is 72.8 Å². The number of rotatable bonds is 5. The van der Waals surface area contributed by atoms with E-state index in [0.29, 0.717) is 18.1 Å². The average Bonchev–Trinajstić information content (AvgIpc) is 3.41. The normalized spacial score (nSPS) is 15.0. The Kier molecular flexibility index (Phi) is 6.42. The summed E-state index contributed by atoms with van der Waals surface area (Å²) in [5.74, 6) is -0.297. The number of nitrogens with zero attached hydrogens (tertiary/aromatic N) is 4. The molecular formula is C31H28N4O2S. The smallest absolute Gasteiger partial charge is 0.229 e. The fourth-order valence-corrected chi connectivity index (χ4v) is 6.81. The summed E-state index contributed by atoms with van der Waals surface area (Å²) >= 11 is 1.40. The van der Waals surface area contributed by atoms with Crippen molar-refractivity contribution in [2.45, 2.75) is 43.9 Å². The number of fused-ring (bicyclic) bond motifs is 3. The van der Waals surface area contributed by atoms with Gasteiger partial charge in [-0.2, -0.15) is 5.26 Å². The maximum atomic E-state index is 13.9. The van der Waals surface area contributed by atoms with Gasteiger partial charge in [0, 0.05) is 24.5 Å². The molecule has 38 heavy (non-hydrogen) atoms. The molecule has 0 bridgehead atoms. The molecule has 7 heteroatoms. The summed E-state index contributed by atoms with van der Waals surface area (Å²) < 4.78 is 0.939. The van der Waals surface area contributed by atoms with Gasteiger partial charge in [0.15, 0.2) is 0 Å². The average molecular weight is 521 g/mol. The number of aryl methyl sites for hydroxylation is 2. The largest absolute Gasteiger partial charge is 0.312 e.